The number of hydrogen-bond donors (Lipinski definition) is 1. The summed E-state index contributed by atoms with van der Waals surface area (Å²) in [6, 6.07) is 11.4. The summed E-state index contributed by atoms with van der Waals surface area (Å²) in [5.41, 5.74) is 2.05. The van der Waals surface area contributed by atoms with Crippen molar-refractivity contribution < 1.29 is 17.9 Å². The van der Waals surface area contributed by atoms with Crippen molar-refractivity contribution in [3.63, 3.8) is 0 Å². The molecule has 23 heavy (non-hydrogen) atoms. The Balaban J connectivity index is 2.23. The molecule has 2 aromatic carbocycles. The smallest absolute Gasteiger partial charge is 0.337 e. The molecule has 0 saturated carbocycles. The van der Waals surface area contributed by atoms with E-state index in [0.29, 0.717) is 0 Å². The highest BCUT2D eigenvalue weighted by Crippen LogP contribution is 2.23. The molecule has 0 saturated heterocycles. The molecule has 0 amide bonds. The zero-order chi connectivity index (χ0) is 17.0. The molecule has 0 bridgehead atoms. The highest BCUT2D eigenvalue weighted by Gasteiger charge is 2.19. The topological polar surface area (TPSA) is 72.5 Å². The van der Waals surface area contributed by atoms with Crippen molar-refractivity contribution in [3.05, 3.63) is 64.2 Å². The Kier molecular flexibility index (Phi) is 5.41. The van der Waals surface area contributed by atoms with Gasteiger partial charge >= 0.3 is 5.97 Å². The summed E-state index contributed by atoms with van der Waals surface area (Å²) >= 11 is 6.00. The van der Waals surface area contributed by atoms with Gasteiger partial charge in [-0.25, -0.2) is 17.9 Å². The highest BCUT2D eigenvalue weighted by molar-refractivity contribution is 7.89. The Bertz CT molecular complexity index is 834. The number of sulfonamides is 1. The third-order valence-electron chi connectivity index (χ3n) is 3.36. The minimum absolute atomic E-state index is 0.0369. The number of nitrogens with one attached hydrogen (secondary N) is 1. The first-order valence-electron chi connectivity index (χ1n) is 6.77. The lowest BCUT2D eigenvalue weighted by Gasteiger charge is -2.10. The van der Waals surface area contributed by atoms with E-state index in [2.05, 4.69) is 9.46 Å². The third kappa shape index (κ3) is 4.10. The van der Waals surface area contributed by atoms with Gasteiger partial charge in [-0.15, -0.1) is 0 Å². The number of halogens is 1. The van der Waals surface area contributed by atoms with Crippen molar-refractivity contribution in [2.75, 3.05) is 7.11 Å². The number of esters is 1. The molecule has 2 rings (SSSR count). The van der Waals surface area contributed by atoms with Crippen LogP contribution in [0.4, 0.5) is 0 Å². The molecule has 122 valence electrons. The Morgan fingerprint density at radius 2 is 1.91 bits per heavy atom. The minimum atomic E-state index is -3.79. The van der Waals surface area contributed by atoms with E-state index in [1.54, 1.807) is 0 Å². The lowest BCUT2D eigenvalue weighted by Crippen LogP contribution is -2.24. The quantitative estimate of drug-likeness (QED) is 0.839. The molecule has 0 spiro atoms. The van der Waals surface area contributed by atoms with E-state index >= 15 is 0 Å². The standard InChI is InChI=1S/C16H16ClNO4S/c1-11-5-3-4-6-13(11)10-18-23(20,21)15-8-7-12(9-14(15)17)16(19)22-2/h3-9,18H,10H2,1-2H3. The van der Waals surface area contributed by atoms with E-state index in [4.69, 9.17) is 11.6 Å². The maximum atomic E-state index is 12.4. The van der Waals surface area contributed by atoms with E-state index in [9.17, 15) is 13.2 Å². The first-order valence-corrected chi connectivity index (χ1v) is 8.63. The van der Waals surface area contributed by atoms with Crippen molar-refractivity contribution in [2.45, 2.75) is 18.4 Å². The first-order chi connectivity index (χ1) is 10.8. The van der Waals surface area contributed by atoms with Gasteiger partial charge < -0.3 is 4.74 Å². The summed E-state index contributed by atoms with van der Waals surface area (Å²) in [6.45, 7) is 2.06. The summed E-state index contributed by atoms with van der Waals surface area (Å²) in [5.74, 6) is -0.580. The zero-order valence-corrected chi connectivity index (χ0v) is 14.2. The van der Waals surface area contributed by atoms with Gasteiger partial charge in [-0.2, -0.15) is 0 Å². The van der Waals surface area contributed by atoms with Crippen LogP contribution in [0.1, 0.15) is 21.5 Å². The second-order valence-corrected chi connectivity index (χ2v) is 7.03. The van der Waals surface area contributed by atoms with Gasteiger partial charge in [0.05, 0.1) is 17.7 Å². The van der Waals surface area contributed by atoms with Crippen LogP contribution in [0.25, 0.3) is 0 Å². The number of rotatable bonds is 5. The van der Waals surface area contributed by atoms with Crippen LogP contribution in [0.5, 0.6) is 0 Å². The van der Waals surface area contributed by atoms with Crippen LogP contribution in [-0.4, -0.2) is 21.5 Å². The van der Waals surface area contributed by atoms with Crippen molar-refractivity contribution in [1.29, 1.82) is 0 Å². The van der Waals surface area contributed by atoms with Crippen molar-refractivity contribution in [1.82, 2.24) is 4.72 Å². The lowest BCUT2D eigenvalue weighted by atomic mass is 10.1. The van der Waals surface area contributed by atoms with Crippen LogP contribution < -0.4 is 4.72 Å². The Labute approximate surface area is 140 Å². The molecule has 7 heteroatoms. The molecule has 0 unspecified atom stereocenters. The van der Waals surface area contributed by atoms with Gasteiger partial charge in [0.1, 0.15) is 4.90 Å². The van der Waals surface area contributed by atoms with Crippen LogP contribution in [-0.2, 0) is 21.3 Å². The summed E-state index contributed by atoms with van der Waals surface area (Å²) < 4.78 is 31.8. The van der Waals surface area contributed by atoms with E-state index in [1.807, 2.05) is 31.2 Å². The van der Waals surface area contributed by atoms with Crippen LogP contribution in [0.15, 0.2) is 47.4 Å². The lowest BCUT2D eigenvalue weighted by molar-refractivity contribution is 0.0600. The van der Waals surface area contributed by atoms with Crippen LogP contribution in [0, 0.1) is 6.92 Å². The molecule has 5 nitrogen and oxygen atoms in total. The van der Waals surface area contributed by atoms with Crippen LogP contribution in [0.3, 0.4) is 0 Å². The SMILES string of the molecule is COC(=O)c1ccc(S(=O)(=O)NCc2ccccc2C)c(Cl)c1. The van der Waals surface area contributed by atoms with Crippen molar-refractivity contribution in [3.8, 4) is 0 Å². The molecular formula is C16H16ClNO4S. The largest absolute Gasteiger partial charge is 0.465 e. The Morgan fingerprint density at radius 1 is 1.22 bits per heavy atom. The molecular weight excluding hydrogens is 338 g/mol. The van der Waals surface area contributed by atoms with Gasteiger partial charge in [0.2, 0.25) is 10.0 Å². The second kappa shape index (κ2) is 7.12. The molecule has 0 fully saturated rings. The molecule has 0 atom stereocenters. The average Bonchev–Trinajstić information content (AvgIpc) is 2.53. The maximum Gasteiger partial charge on any atom is 0.337 e. The van der Waals surface area contributed by atoms with Gasteiger partial charge in [-0.1, -0.05) is 35.9 Å². The van der Waals surface area contributed by atoms with Crippen LogP contribution in [0.2, 0.25) is 5.02 Å². The summed E-state index contributed by atoms with van der Waals surface area (Å²) in [4.78, 5) is 11.3. The Morgan fingerprint density at radius 3 is 2.52 bits per heavy atom. The molecule has 0 radical (unpaired) electrons. The number of methoxy groups -OCH3 is 1. The molecule has 0 aliphatic heterocycles. The number of carbonyl (C=O) groups excluding carboxylic acids is 1. The van der Waals surface area contributed by atoms with E-state index < -0.39 is 16.0 Å². The fraction of sp³-hybridized carbons (Fsp3) is 0.188. The fourth-order valence-electron chi connectivity index (χ4n) is 2.02. The van der Waals surface area contributed by atoms with Gasteiger partial charge in [0.15, 0.2) is 0 Å². The predicted octanol–water partition coefficient (Wildman–Crippen LogP) is 2.91. The number of carbonyl (C=O) groups is 1. The van der Waals surface area contributed by atoms with Crippen molar-refractivity contribution >= 4 is 27.6 Å². The molecule has 0 heterocycles. The summed E-state index contributed by atoms with van der Waals surface area (Å²) in [7, 11) is -2.55. The third-order valence-corrected chi connectivity index (χ3v) is 5.24. The monoisotopic (exact) mass is 353 g/mol. The van der Waals surface area contributed by atoms with Gasteiger partial charge in [-0.05, 0) is 36.2 Å². The van der Waals surface area contributed by atoms with E-state index in [-0.39, 0.29) is 22.0 Å². The molecule has 1 N–H and O–H groups in total. The van der Waals surface area contributed by atoms with Gasteiger partial charge in [-0.3, -0.25) is 0 Å². The van der Waals surface area contributed by atoms with Gasteiger partial charge in [0.25, 0.3) is 0 Å². The van der Waals surface area contributed by atoms with E-state index in [0.717, 1.165) is 11.1 Å². The Hall–Kier alpha value is -1.89. The predicted molar refractivity (Wildman–Crippen MR) is 88.0 cm³/mol. The van der Waals surface area contributed by atoms with Gasteiger partial charge in [0, 0.05) is 6.54 Å². The first kappa shape index (κ1) is 17.5. The fourth-order valence-corrected chi connectivity index (χ4v) is 3.57. The zero-order valence-electron chi connectivity index (χ0n) is 12.7. The number of hydrogen-bond acceptors (Lipinski definition) is 4. The molecule has 0 aliphatic rings. The maximum absolute atomic E-state index is 12.4. The molecule has 0 aromatic heterocycles. The number of aryl methyl sites for hydroxylation is 1. The summed E-state index contributed by atoms with van der Waals surface area (Å²) in [5, 5.41) is -0.0369. The molecule has 0 aliphatic carbocycles. The second-order valence-electron chi connectivity index (χ2n) is 4.89. The highest BCUT2D eigenvalue weighted by atomic mass is 35.5. The normalized spacial score (nSPS) is 11.3. The molecule has 2 aromatic rings. The summed E-state index contributed by atoms with van der Waals surface area (Å²) in [6.07, 6.45) is 0. The van der Waals surface area contributed by atoms with Crippen molar-refractivity contribution in [2.24, 2.45) is 0 Å². The van der Waals surface area contributed by atoms with Crippen LogP contribution >= 0.6 is 11.6 Å². The number of ether oxygens (including phenoxy) is 1. The number of benzene rings is 2. The van der Waals surface area contributed by atoms with E-state index in [1.165, 1.54) is 25.3 Å². The average molecular weight is 354 g/mol. The minimum Gasteiger partial charge on any atom is -0.465 e.